The molecule has 0 saturated carbocycles. The van der Waals surface area contributed by atoms with Gasteiger partial charge in [0, 0.05) is 0 Å². The van der Waals surface area contributed by atoms with Crippen molar-refractivity contribution < 1.29 is 19.3 Å². The van der Waals surface area contributed by atoms with E-state index >= 15 is 0 Å². The van der Waals surface area contributed by atoms with Crippen molar-refractivity contribution in [3.05, 3.63) is 59.4 Å². The zero-order valence-corrected chi connectivity index (χ0v) is 15.4. The van der Waals surface area contributed by atoms with Crippen LogP contribution in [0.25, 0.3) is 0 Å². The highest BCUT2D eigenvalue weighted by Gasteiger charge is 2.26. The summed E-state index contributed by atoms with van der Waals surface area (Å²) in [5.74, 6) is 2.59. The normalized spacial score (nSPS) is 20.8. The van der Waals surface area contributed by atoms with Gasteiger partial charge in [-0.25, -0.2) is 4.39 Å². The molecule has 0 aromatic heterocycles. The fourth-order valence-electron chi connectivity index (χ4n) is 3.82. The highest BCUT2D eigenvalue weighted by atomic mass is 35.5. The minimum Gasteiger partial charge on any atom is -0.454 e. The van der Waals surface area contributed by atoms with Gasteiger partial charge in [0.25, 0.3) is 0 Å². The molecule has 2 aliphatic heterocycles. The first-order valence-electron chi connectivity index (χ1n) is 8.64. The van der Waals surface area contributed by atoms with Crippen LogP contribution in [0.2, 0.25) is 0 Å². The van der Waals surface area contributed by atoms with E-state index in [1.807, 2.05) is 18.2 Å². The standard InChI is InChI=1S/C20H22FNO2.ClH.H2O/c21-17-6-4-15(5-7-17)18-9-10-22-12-16(18)3-1-14-2-8-19-20(11-14)24-13-23-19;;/h2,4-8,11,16,18,22H,1,3,9-10,12-13H2;1H;1H2/t16-,18+;;/m1../s1. The summed E-state index contributed by atoms with van der Waals surface area (Å²) in [6, 6.07) is 13.2. The van der Waals surface area contributed by atoms with Gasteiger partial charge in [0.15, 0.2) is 11.5 Å². The van der Waals surface area contributed by atoms with Crippen LogP contribution in [-0.2, 0) is 6.42 Å². The minimum atomic E-state index is -0.162. The number of benzene rings is 2. The molecule has 0 radical (unpaired) electrons. The number of fused-ring (bicyclic) bond motifs is 1. The fourth-order valence-corrected chi connectivity index (χ4v) is 3.82. The van der Waals surface area contributed by atoms with Crippen molar-refractivity contribution in [2.24, 2.45) is 5.92 Å². The minimum absolute atomic E-state index is 0. The lowest BCUT2D eigenvalue weighted by atomic mass is 9.78. The maximum Gasteiger partial charge on any atom is 0.231 e. The molecular formula is C20H25ClFNO3. The van der Waals surface area contributed by atoms with Gasteiger partial charge in [0.05, 0.1) is 0 Å². The number of hydrogen-bond donors (Lipinski definition) is 1. The SMILES string of the molecule is Cl.Fc1ccc([C@@H]2CCNC[C@H]2CCc2ccc3c(c2)OCO3)cc1.O. The Bertz CT molecular complexity index is 711. The number of piperidine rings is 1. The molecule has 2 aromatic rings. The molecule has 3 N–H and O–H groups in total. The monoisotopic (exact) mass is 381 g/mol. The highest BCUT2D eigenvalue weighted by Crippen LogP contribution is 2.35. The zero-order valence-electron chi connectivity index (χ0n) is 14.5. The first-order chi connectivity index (χ1) is 11.8. The van der Waals surface area contributed by atoms with Crippen molar-refractivity contribution in [3.8, 4) is 11.5 Å². The largest absolute Gasteiger partial charge is 0.454 e. The summed E-state index contributed by atoms with van der Waals surface area (Å²) in [6.45, 7) is 2.37. The average Bonchev–Trinajstić information content (AvgIpc) is 3.09. The Morgan fingerprint density at radius 3 is 2.62 bits per heavy atom. The Morgan fingerprint density at radius 2 is 1.81 bits per heavy atom. The molecule has 1 saturated heterocycles. The topological polar surface area (TPSA) is 62.0 Å². The van der Waals surface area contributed by atoms with Gasteiger partial charge >= 0.3 is 0 Å². The van der Waals surface area contributed by atoms with Gasteiger partial charge in [-0.05, 0) is 79.6 Å². The van der Waals surface area contributed by atoms with Crippen molar-refractivity contribution in [1.29, 1.82) is 0 Å². The summed E-state index contributed by atoms with van der Waals surface area (Å²) >= 11 is 0. The van der Waals surface area contributed by atoms with Crippen LogP contribution in [-0.4, -0.2) is 25.4 Å². The molecule has 142 valence electrons. The molecule has 2 atom stereocenters. The van der Waals surface area contributed by atoms with Gasteiger partial charge in [-0.2, -0.15) is 0 Å². The van der Waals surface area contributed by atoms with E-state index in [1.165, 1.54) is 11.1 Å². The smallest absolute Gasteiger partial charge is 0.231 e. The van der Waals surface area contributed by atoms with Crippen LogP contribution in [0, 0.1) is 11.7 Å². The molecule has 0 spiro atoms. The average molecular weight is 382 g/mol. The highest BCUT2D eigenvalue weighted by molar-refractivity contribution is 5.85. The Labute approximate surface area is 159 Å². The predicted molar refractivity (Wildman–Crippen MR) is 102 cm³/mol. The van der Waals surface area contributed by atoms with Crippen LogP contribution in [0.4, 0.5) is 4.39 Å². The number of aryl methyl sites for hydroxylation is 1. The van der Waals surface area contributed by atoms with Gasteiger partial charge in [-0.3, -0.25) is 0 Å². The first-order valence-corrected chi connectivity index (χ1v) is 8.64. The van der Waals surface area contributed by atoms with Crippen molar-refractivity contribution in [1.82, 2.24) is 5.32 Å². The number of hydrogen-bond acceptors (Lipinski definition) is 3. The Hall–Kier alpha value is -1.82. The third-order valence-electron chi connectivity index (χ3n) is 5.15. The fraction of sp³-hybridized carbons (Fsp3) is 0.400. The lowest BCUT2D eigenvalue weighted by molar-refractivity contribution is 0.174. The summed E-state index contributed by atoms with van der Waals surface area (Å²) in [7, 11) is 0. The molecule has 2 aliphatic rings. The third kappa shape index (κ3) is 4.47. The first kappa shape index (κ1) is 20.5. The molecule has 0 amide bonds. The lowest BCUT2D eigenvalue weighted by Crippen LogP contribution is -2.35. The summed E-state index contributed by atoms with van der Waals surface area (Å²) < 4.78 is 24.0. The molecule has 2 aromatic carbocycles. The van der Waals surface area contributed by atoms with Crippen LogP contribution in [0.3, 0.4) is 0 Å². The Balaban J connectivity index is 0.00000121. The second-order valence-electron chi connectivity index (χ2n) is 6.64. The van der Waals surface area contributed by atoms with E-state index in [0.29, 0.717) is 18.6 Å². The Kier molecular flexibility index (Phi) is 7.26. The molecule has 6 heteroatoms. The maximum atomic E-state index is 13.2. The van der Waals surface area contributed by atoms with E-state index in [9.17, 15) is 4.39 Å². The second kappa shape index (κ2) is 9.21. The number of halogens is 2. The summed E-state index contributed by atoms with van der Waals surface area (Å²) in [6.07, 6.45) is 3.23. The molecule has 0 bridgehead atoms. The molecule has 0 unspecified atom stereocenters. The predicted octanol–water partition coefficient (Wildman–Crippen LogP) is 3.48. The molecular weight excluding hydrogens is 357 g/mol. The molecule has 4 nitrogen and oxygen atoms in total. The van der Waals surface area contributed by atoms with Crippen LogP contribution < -0.4 is 14.8 Å². The van der Waals surface area contributed by atoms with E-state index < -0.39 is 0 Å². The van der Waals surface area contributed by atoms with Gasteiger partial charge < -0.3 is 20.3 Å². The van der Waals surface area contributed by atoms with Gasteiger partial charge in [-0.15, -0.1) is 12.4 Å². The zero-order chi connectivity index (χ0) is 16.4. The van der Waals surface area contributed by atoms with E-state index in [2.05, 4.69) is 17.4 Å². The number of rotatable bonds is 4. The van der Waals surface area contributed by atoms with Gasteiger partial charge in [-0.1, -0.05) is 18.2 Å². The van der Waals surface area contributed by atoms with Crippen molar-refractivity contribution in [2.45, 2.75) is 25.2 Å². The molecule has 4 rings (SSSR count). The van der Waals surface area contributed by atoms with Crippen LogP contribution in [0.15, 0.2) is 42.5 Å². The number of nitrogens with one attached hydrogen (secondary N) is 1. The van der Waals surface area contributed by atoms with Crippen molar-refractivity contribution in [3.63, 3.8) is 0 Å². The molecule has 26 heavy (non-hydrogen) atoms. The molecule has 1 fully saturated rings. The van der Waals surface area contributed by atoms with E-state index in [-0.39, 0.29) is 23.7 Å². The van der Waals surface area contributed by atoms with Gasteiger partial charge in [0.2, 0.25) is 6.79 Å². The summed E-state index contributed by atoms with van der Waals surface area (Å²) in [5, 5.41) is 3.51. The van der Waals surface area contributed by atoms with Crippen LogP contribution >= 0.6 is 12.4 Å². The van der Waals surface area contributed by atoms with E-state index in [1.54, 1.807) is 12.1 Å². The molecule has 0 aliphatic carbocycles. The van der Waals surface area contributed by atoms with Crippen LogP contribution in [0.5, 0.6) is 11.5 Å². The lowest BCUT2D eigenvalue weighted by Gasteiger charge is -2.32. The summed E-state index contributed by atoms with van der Waals surface area (Å²) in [4.78, 5) is 0. The van der Waals surface area contributed by atoms with Crippen LogP contribution in [0.1, 0.15) is 29.9 Å². The van der Waals surface area contributed by atoms with Gasteiger partial charge in [0.1, 0.15) is 5.82 Å². The maximum absolute atomic E-state index is 13.2. The van der Waals surface area contributed by atoms with Crippen molar-refractivity contribution >= 4 is 12.4 Å². The van der Waals surface area contributed by atoms with E-state index in [0.717, 1.165) is 43.9 Å². The second-order valence-corrected chi connectivity index (χ2v) is 6.64. The molecule has 2 heterocycles. The Morgan fingerprint density at radius 1 is 1.04 bits per heavy atom. The quantitative estimate of drug-likeness (QED) is 0.881. The number of ether oxygens (including phenoxy) is 2. The third-order valence-corrected chi connectivity index (χ3v) is 5.15. The summed E-state index contributed by atoms with van der Waals surface area (Å²) in [5.41, 5.74) is 2.54. The van der Waals surface area contributed by atoms with Crippen molar-refractivity contribution in [2.75, 3.05) is 19.9 Å². The van der Waals surface area contributed by atoms with E-state index in [4.69, 9.17) is 9.47 Å².